The molecular formula is C22H26N4O2. The molecule has 1 aliphatic rings. The lowest BCUT2D eigenvalue weighted by Crippen LogP contribution is -2.30. The zero-order valence-corrected chi connectivity index (χ0v) is 16.6. The van der Waals surface area contributed by atoms with Crippen LogP contribution in [0.15, 0.2) is 40.9 Å². The van der Waals surface area contributed by atoms with E-state index in [4.69, 9.17) is 10.3 Å². The van der Waals surface area contributed by atoms with Crippen LogP contribution in [0.1, 0.15) is 53.0 Å². The van der Waals surface area contributed by atoms with Crippen molar-refractivity contribution in [2.75, 3.05) is 19.6 Å². The summed E-state index contributed by atoms with van der Waals surface area (Å²) in [6.45, 7) is 7.82. The Morgan fingerprint density at radius 1 is 1.29 bits per heavy atom. The summed E-state index contributed by atoms with van der Waals surface area (Å²) >= 11 is 0. The van der Waals surface area contributed by atoms with E-state index >= 15 is 0 Å². The predicted molar refractivity (Wildman–Crippen MR) is 108 cm³/mol. The lowest BCUT2D eigenvalue weighted by atomic mass is 9.89. The van der Waals surface area contributed by atoms with Crippen molar-refractivity contribution in [3.05, 3.63) is 58.9 Å². The van der Waals surface area contributed by atoms with Crippen molar-refractivity contribution in [3.8, 4) is 0 Å². The van der Waals surface area contributed by atoms with Crippen LogP contribution in [0.4, 0.5) is 0 Å². The number of nitrogens with zero attached hydrogens (tertiary/aromatic N) is 3. The molecule has 1 amide bonds. The molecule has 2 aromatic heterocycles. The first-order chi connectivity index (χ1) is 13.5. The molecule has 2 N–H and O–H groups in total. The summed E-state index contributed by atoms with van der Waals surface area (Å²) in [6, 6.07) is 12.2. The topological polar surface area (TPSA) is 85.2 Å². The number of aryl methyl sites for hydroxylation is 1. The summed E-state index contributed by atoms with van der Waals surface area (Å²) in [7, 11) is 0. The molecule has 28 heavy (non-hydrogen) atoms. The van der Waals surface area contributed by atoms with Crippen molar-refractivity contribution in [2.45, 2.75) is 32.6 Å². The van der Waals surface area contributed by atoms with Crippen molar-refractivity contribution < 1.29 is 9.32 Å². The molecule has 6 heteroatoms. The van der Waals surface area contributed by atoms with Gasteiger partial charge in [-0.15, -0.1) is 0 Å². The van der Waals surface area contributed by atoms with Gasteiger partial charge >= 0.3 is 0 Å². The zero-order valence-electron chi connectivity index (χ0n) is 16.6. The molecule has 1 saturated heterocycles. The number of rotatable bonds is 4. The Hall–Kier alpha value is -2.73. The average molecular weight is 378 g/mol. The smallest absolute Gasteiger partial charge is 0.259 e. The summed E-state index contributed by atoms with van der Waals surface area (Å²) in [4.78, 5) is 20.0. The lowest BCUT2D eigenvalue weighted by Gasteiger charge is -2.18. The first-order valence-electron chi connectivity index (χ1n) is 9.80. The number of hydrogen-bond acceptors (Lipinski definition) is 5. The third kappa shape index (κ3) is 3.18. The van der Waals surface area contributed by atoms with Gasteiger partial charge in [0.25, 0.3) is 11.6 Å². The first kappa shape index (κ1) is 18.6. The number of likely N-dealkylation sites (tertiary alicyclic amines) is 1. The van der Waals surface area contributed by atoms with Crippen LogP contribution in [0.5, 0.6) is 0 Å². The van der Waals surface area contributed by atoms with Crippen LogP contribution >= 0.6 is 0 Å². The lowest BCUT2D eigenvalue weighted by molar-refractivity contribution is 0.0788. The maximum Gasteiger partial charge on any atom is 0.259 e. The second-order valence-corrected chi connectivity index (χ2v) is 7.92. The van der Waals surface area contributed by atoms with Crippen LogP contribution in [-0.2, 0) is 0 Å². The fraction of sp³-hybridized carbons (Fsp3) is 0.409. The molecular weight excluding hydrogens is 352 g/mol. The van der Waals surface area contributed by atoms with E-state index in [-0.39, 0.29) is 23.7 Å². The molecule has 1 aromatic carbocycles. The van der Waals surface area contributed by atoms with Gasteiger partial charge in [0, 0.05) is 24.7 Å². The molecule has 0 spiro atoms. The Kier molecular flexibility index (Phi) is 4.89. The number of aromatic nitrogens is 2. The SMILES string of the molecule is Cc1noc2nc(C(C)C)cc(C(=O)N3C[C@@H](CN)[C@H](c4ccccc4)C3)c12. The Balaban J connectivity index is 1.71. The van der Waals surface area contributed by atoms with E-state index in [1.807, 2.05) is 36.1 Å². The van der Waals surface area contributed by atoms with Crippen molar-refractivity contribution in [1.29, 1.82) is 0 Å². The summed E-state index contributed by atoms with van der Waals surface area (Å²) in [5.74, 6) is 0.684. The van der Waals surface area contributed by atoms with E-state index in [9.17, 15) is 4.79 Å². The van der Waals surface area contributed by atoms with Crippen LogP contribution < -0.4 is 5.73 Å². The van der Waals surface area contributed by atoms with Gasteiger partial charge in [0.05, 0.1) is 16.6 Å². The third-order valence-corrected chi connectivity index (χ3v) is 5.72. The number of amides is 1. The Bertz CT molecular complexity index is 996. The largest absolute Gasteiger partial charge is 0.338 e. The Morgan fingerprint density at radius 2 is 2.04 bits per heavy atom. The van der Waals surface area contributed by atoms with Crippen LogP contribution in [0.25, 0.3) is 11.1 Å². The van der Waals surface area contributed by atoms with E-state index in [1.165, 1.54) is 5.56 Å². The minimum Gasteiger partial charge on any atom is -0.338 e. The van der Waals surface area contributed by atoms with E-state index in [0.29, 0.717) is 42.0 Å². The van der Waals surface area contributed by atoms with Gasteiger partial charge in [0.15, 0.2) is 0 Å². The van der Waals surface area contributed by atoms with Gasteiger partial charge in [-0.1, -0.05) is 49.3 Å². The highest BCUT2D eigenvalue weighted by atomic mass is 16.5. The predicted octanol–water partition coefficient (Wildman–Crippen LogP) is 3.47. The fourth-order valence-electron chi connectivity index (χ4n) is 4.10. The molecule has 1 aliphatic heterocycles. The summed E-state index contributed by atoms with van der Waals surface area (Å²) < 4.78 is 5.37. The van der Waals surface area contributed by atoms with Gasteiger partial charge in [0.2, 0.25) is 0 Å². The molecule has 0 saturated carbocycles. The minimum atomic E-state index is -0.00233. The summed E-state index contributed by atoms with van der Waals surface area (Å²) in [5.41, 5.74) is 9.86. The summed E-state index contributed by atoms with van der Waals surface area (Å²) in [5, 5.41) is 4.74. The maximum atomic E-state index is 13.5. The minimum absolute atomic E-state index is 0.00233. The van der Waals surface area contributed by atoms with Crippen LogP contribution in [0, 0.1) is 12.8 Å². The van der Waals surface area contributed by atoms with Crippen LogP contribution in [0.2, 0.25) is 0 Å². The molecule has 3 aromatic rings. The highest BCUT2D eigenvalue weighted by molar-refractivity contribution is 6.06. The maximum absolute atomic E-state index is 13.5. The molecule has 0 aliphatic carbocycles. The molecule has 2 atom stereocenters. The normalized spacial score (nSPS) is 19.7. The van der Waals surface area contributed by atoms with Gasteiger partial charge in [-0.3, -0.25) is 4.79 Å². The second kappa shape index (κ2) is 7.36. The summed E-state index contributed by atoms with van der Waals surface area (Å²) in [6.07, 6.45) is 0. The quantitative estimate of drug-likeness (QED) is 0.751. The molecule has 0 bridgehead atoms. The van der Waals surface area contributed by atoms with E-state index in [1.54, 1.807) is 0 Å². The van der Waals surface area contributed by atoms with Crippen LogP contribution in [-0.4, -0.2) is 40.6 Å². The van der Waals surface area contributed by atoms with Crippen molar-refractivity contribution >= 4 is 17.0 Å². The van der Waals surface area contributed by atoms with Gasteiger partial charge in [-0.2, -0.15) is 0 Å². The van der Waals surface area contributed by atoms with E-state index < -0.39 is 0 Å². The molecule has 1 fully saturated rings. The van der Waals surface area contributed by atoms with Crippen molar-refractivity contribution in [1.82, 2.24) is 15.0 Å². The highest BCUT2D eigenvalue weighted by Crippen LogP contribution is 2.34. The second-order valence-electron chi connectivity index (χ2n) is 7.92. The first-order valence-corrected chi connectivity index (χ1v) is 9.80. The highest BCUT2D eigenvalue weighted by Gasteiger charge is 2.36. The molecule has 4 rings (SSSR count). The van der Waals surface area contributed by atoms with E-state index in [0.717, 1.165) is 5.69 Å². The Labute approximate surface area is 164 Å². The number of nitrogens with two attached hydrogens (primary N) is 1. The van der Waals surface area contributed by atoms with E-state index in [2.05, 4.69) is 36.1 Å². The van der Waals surface area contributed by atoms with Gasteiger partial charge in [-0.05, 0) is 36.9 Å². The number of benzene rings is 1. The third-order valence-electron chi connectivity index (χ3n) is 5.72. The fourth-order valence-corrected chi connectivity index (χ4v) is 4.10. The molecule has 3 heterocycles. The number of carbonyl (C=O) groups is 1. The van der Waals surface area contributed by atoms with Gasteiger partial charge in [-0.25, -0.2) is 4.98 Å². The molecule has 146 valence electrons. The zero-order chi connectivity index (χ0) is 19.8. The van der Waals surface area contributed by atoms with Gasteiger partial charge < -0.3 is 15.2 Å². The molecule has 0 radical (unpaired) electrons. The van der Waals surface area contributed by atoms with Crippen molar-refractivity contribution in [3.63, 3.8) is 0 Å². The number of hydrogen-bond donors (Lipinski definition) is 1. The molecule has 0 unspecified atom stereocenters. The average Bonchev–Trinajstić information content (AvgIpc) is 3.31. The van der Waals surface area contributed by atoms with Crippen LogP contribution in [0.3, 0.4) is 0 Å². The number of carbonyl (C=O) groups excluding carboxylic acids is 1. The standard InChI is InChI=1S/C22H26N4O2/c1-13(2)19-9-17(20-14(3)25-28-21(20)24-19)22(27)26-11-16(10-23)18(12-26)15-7-5-4-6-8-15/h4-9,13,16,18H,10-12,23H2,1-3H3/t16-,18+/m1/s1. The number of fused-ring (bicyclic) bond motifs is 1. The Morgan fingerprint density at radius 3 is 2.71 bits per heavy atom. The van der Waals surface area contributed by atoms with Crippen molar-refractivity contribution in [2.24, 2.45) is 11.7 Å². The number of pyridine rings is 1. The van der Waals surface area contributed by atoms with Gasteiger partial charge in [0.1, 0.15) is 0 Å². The molecule has 6 nitrogen and oxygen atoms in total. The monoisotopic (exact) mass is 378 g/mol.